The van der Waals surface area contributed by atoms with Gasteiger partial charge < -0.3 is 20.9 Å². The van der Waals surface area contributed by atoms with E-state index in [0.29, 0.717) is 5.96 Å². The van der Waals surface area contributed by atoms with Gasteiger partial charge in [0.2, 0.25) is 0 Å². The average molecular weight is 453 g/mol. The van der Waals surface area contributed by atoms with Crippen molar-refractivity contribution in [2.75, 3.05) is 38.1 Å². The molecule has 0 saturated carbocycles. The summed E-state index contributed by atoms with van der Waals surface area (Å²) in [6, 6.07) is 10.6. The third-order valence-corrected chi connectivity index (χ3v) is 6.59. The van der Waals surface area contributed by atoms with Crippen LogP contribution in [0.15, 0.2) is 51.6 Å². The van der Waals surface area contributed by atoms with Gasteiger partial charge in [-0.2, -0.15) is 0 Å². The first-order valence-corrected chi connectivity index (χ1v) is 10.9. The number of hydrogen-bond acceptors (Lipinski definition) is 6. The summed E-state index contributed by atoms with van der Waals surface area (Å²) in [5, 5.41) is 3.31. The number of benzene rings is 1. The van der Waals surface area contributed by atoms with Gasteiger partial charge >= 0.3 is 0 Å². The number of likely N-dealkylation sites (N-methyl/N-ethyl adjacent to an activating group) is 1. The van der Waals surface area contributed by atoms with Crippen molar-refractivity contribution >= 4 is 33.3 Å². The van der Waals surface area contributed by atoms with Gasteiger partial charge in [-0.05, 0) is 55.3 Å². The molecule has 1 fully saturated rings. The van der Waals surface area contributed by atoms with E-state index in [4.69, 9.17) is 15.7 Å². The molecule has 7 heteroatoms. The number of guanidine groups is 1. The van der Waals surface area contributed by atoms with Gasteiger partial charge in [0.15, 0.2) is 5.96 Å². The Labute approximate surface area is 179 Å². The summed E-state index contributed by atoms with van der Waals surface area (Å²) in [5.74, 6) is 0.450. The van der Waals surface area contributed by atoms with E-state index in [9.17, 15) is 0 Å². The molecule has 29 heavy (non-hydrogen) atoms. The summed E-state index contributed by atoms with van der Waals surface area (Å²) in [5.41, 5.74) is 13.2. The summed E-state index contributed by atoms with van der Waals surface area (Å²) in [6.45, 7) is 4.25. The maximum Gasteiger partial charge on any atom is 0.194 e. The quantitative estimate of drug-likeness (QED) is 0.732. The van der Waals surface area contributed by atoms with E-state index >= 15 is 0 Å². The van der Waals surface area contributed by atoms with Crippen LogP contribution in [-0.2, 0) is 6.42 Å². The molecule has 3 N–H and O–H groups in total. The number of hydrogen-bond donors (Lipinski definition) is 2. The normalized spacial score (nSPS) is 21.9. The molecule has 0 radical (unpaired) electrons. The van der Waals surface area contributed by atoms with E-state index in [1.807, 2.05) is 6.20 Å². The Kier molecular flexibility index (Phi) is 4.80. The van der Waals surface area contributed by atoms with Crippen LogP contribution in [-0.4, -0.2) is 49.1 Å². The number of aromatic nitrogens is 1. The van der Waals surface area contributed by atoms with E-state index in [2.05, 4.69) is 68.4 Å². The van der Waals surface area contributed by atoms with Crippen LogP contribution >= 0.6 is 15.9 Å². The van der Waals surface area contributed by atoms with Crippen LogP contribution in [0.2, 0.25) is 0 Å². The fourth-order valence-corrected chi connectivity index (χ4v) is 4.78. The second-order valence-electron chi connectivity index (χ2n) is 7.98. The summed E-state index contributed by atoms with van der Waals surface area (Å²) in [4.78, 5) is 14.3. The molecule has 3 heterocycles. The zero-order valence-corrected chi connectivity index (χ0v) is 18.1. The van der Waals surface area contributed by atoms with Crippen molar-refractivity contribution in [2.24, 2.45) is 10.7 Å². The van der Waals surface area contributed by atoms with Crippen molar-refractivity contribution in [3.05, 3.63) is 63.4 Å². The average Bonchev–Trinajstić information content (AvgIpc) is 2.74. The minimum atomic E-state index is -0.125. The molecule has 0 amide bonds. The third kappa shape index (κ3) is 3.53. The number of pyridine rings is 1. The van der Waals surface area contributed by atoms with Crippen LogP contribution in [0.1, 0.15) is 29.3 Å². The SMILES string of the molecule is CN1CCN(c2ccc(C3N=C(N)NC4=C3CCc3ccc(Br)cc34)nc2)CC1. The molecule has 5 rings (SSSR count). The Balaban J connectivity index is 1.46. The van der Waals surface area contributed by atoms with Crippen LogP contribution in [0.3, 0.4) is 0 Å². The van der Waals surface area contributed by atoms with Crippen LogP contribution in [0.4, 0.5) is 5.69 Å². The maximum atomic E-state index is 6.18. The van der Waals surface area contributed by atoms with Gasteiger partial charge in [0.05, 0.1) is 23.3 Å². The molecular weight excluding hydrogens is 428 g/mol. The Morgan fingerprint density at radius 1 is 1.10 bits per heavy atom. The fraction of sp³-hybridized carbons (Fsp3) is 0.364. The summed E-state index contributed by atoms with van der Waals surface area (Å²) < 4.78 is 1.07. The molecule has 1 saturated heterocycles. The Bertz CT molecular complexity index is 989. The molecule has 6 nitrogen and oxygen atoms in total. The number of nitrogens with two attached hydrogens (primary N) is 1. The molecule has 1 unspecified atom stereocenters. The molecule has 1 aliphatic carbocycles. The van der Waals surface area contributed by atoms with E-state index < -0.39 is 0 Å². The summed E-state index contributed by atoms with van der Waals surface area (Å²) >= 11 is 3.60. The molecule has 0 spiro atoms. The zero-order valence-electron chi connectivity index (χ0n) is 16.5. The molecule has 0 bridgehead atoms. The maximum absolute atomic E-state index is 6.18. The molecule has 2 aromatic rings. The van der Waals surface area contributed by atoms with Crippen LogP contribution < -0.4 is 16.0 Å². The monoisotopic (exact) mass is 452 g/mol. The lowest BCUT2D eigenvalue weighted by molar-refractivity contribution is 0.313. The number of halogens is 1. The van der Waals surface area contributed by atoms with Crippen molar-refractivity contribution in [1.82, 2.24) is 15.2 Å². The molecular formula is C22H25BrN6. The van der Waals surface area contributed by atoms with Crippen molar-refractivity contribution < 1.29 is 0 Å². The minimum absolute atomic E-state index is 0.125. The smallest absolute Gasteiger partial charge is 0.194 e. The van der Waals surface area contributed by atoms with E-state index in [1.54, 1.807) is 0 Å². The largest absolute Gasteiger partial charge is 0.370 e. The number of aliphatic imine (C=N–C) groups is 1. The topological polar surface area (TPSA) is 69.8 Å². The van der Waals surface area contributed by atoms with E-state index in [0.717, 1.165) is 54.9 Å². The van der Waals surface area contributed by atoms with E-state index in [-0.39, 0.29) is 6.04 Å². The third-order valence-electron chi connectivity index (χ3n) is 6.10. The van der Waals surface area contributed by atoms with Gasteiger partial charge in [-0.1, -0.05) is 22.0 Å². The first-order chi connectivity index (χ1) is 14.1. The molecule has 1 aromatic carbocycles. The van der Waals surface area contributed by atoms with Gasteiger partial charge in [0.1, 0.15) is 6.04 Å². The highest BCUT2D eigenvalue weighted by molar-refractivity contribution is 9.10. The van der Waals surface area contributed by atoms with Crippen LogP contribution in [0, 0.1) is 0 Å². The van der Waals surface area contributed by atoms with Crippen LogP contribution in [0.25, 0.3) is 5.70 Å². The number of piperazine rings is 1. The van der Waals surface area contributed by atoms with Crippen molar-refractivity contribution in [3.63, 3.8) is 0 Å². The highest BCUT2D eigenvalue weighted by Gasteiger charge is 2.30. The Morgan fingerprint density at radius 2 is 1.93 bits per heavy atom. The molecule has 1 aromatic heterocycles. The van der Waals surface area contributed by atoms with Crippen molar-refractivity contribution in [3.8, 4) is 0 Å². The van der Waals surface area contributed by atoms with Crippen LogP contribution in [0.5, 0.6) is 0 Å². The number of nitrogens with one attached hydrogen (secondary N) is 1. The molecule has 150 valence electrons. The molecule has 1 atom stereocenters. The first-order valence-electron chi connectivity index (χ1n) is 10.1. The lowest BCUT2D eigenvalue weighted by Crippen LogP contribution is -2.44. The minimum Gasteiger partial charge on any atom is -0.370 e. The predicted molar refractivity (Wildman–Crippen MR) is 121 cm³/mol. The standard InChI is InChI=1S/C22H25BrN6/c1-28-8-10-29(11-9-28)16-5-7-19(25-13-16)21-17-6-3-14-2-4-15(23)12-18(14)20(17)26-22(24)27-21/h2,4-5,7,12-13,21H,3,6,8-11H2,1H3,(H3,24,26,27). The lowest BCUT2D eigenvalue weighted by atomic mass is 9.84. The number of fused-ring (bicyclic) bond motifs is 2. The van der Waals surface area contributed by atoms with Gasteiger partial charge in [-0.3, -0.25) is 4.98 Å². The summed E-state index contributed by atoms with van der Waals surface area (Å²) in [7, 11) is 2.17. The number of aryl methyl sites for hydroxylation is 1. The lowest BCUT2D eigenvalue weighted by Gasteiger charge is -2.34. The second-order valence-corrected chi connectivity index (χ2v) is 8.89. The molecule has 2 aliphatic heterocycles. The second kappa shape index (κ2) is 7.46. The van der Waals surface area contributed by atoms with Crippen molar-refractivity contribution in [2.45, 2.75) is 18.9 Å². The predicted octanol–water partition coefficient (Wildman–Crippen LogP) is 2.91. The highest BCUT2D eigenvalue weighted by Crippen LogP contribution is 2.40. The molecule has 3 aliphatic rings. The van der Waals surface area contributed by atoms with Gasteiger partial charge in [-0.15, -0.1) is 0 Å². The Hall–Kier alpha value is -2.38. The van der Waals surface area contributed by atoms with E-state index in [1.165, 1.54) is 22.4 Å². The summed E-state index contributed by atoms with van der Waals surface area (Å²) in [6.07, 6.45) is 3.96. The number of nitrogens with zero attached hydrogens (tertiary/aromatic N) is 4. The van der Waals surface area contributed by atoms with Gasteiger partial charge in [0, 0.05) is 36.2 Å². The highest BCUT2D eigenvalue weighted by atomic mass is 79.9. The number of rotatable bonds is 2. The fourth-order valence-electron chi connectivity index (χ4n) is 4.42. The Morgan fingerprint density at radius 3 is 2.69 bits per heavy atom. The van der Waals surface area contributed by atoms with Gasteiger partial charge in [-0.25, -0.2) is 4.99 Å². The van der Waals surface area contributed by atoms with Crippen molar-refractivity contribution in [1.29, 1.82) is 0 Å². The zero-order chi connectivity index (χ0) is 20.0. The number of anilines is 1. The first kappa shape index (κ1) is 18.6. The van der Waals surface area contributed by atoms with Gasteiger partial charge in [0.25, 0.3) is 0 Å².